The summed E-state index contributed by atoms with van der Waals surface area (Å²) in [6.07, 6.45) is 1.11. The van der Waals surface area contributed by atoms with Gasteiger partial charge in [-0.1, -0.05) is 11.6 Å². The first-order valence-electron chi connectivity index (χ1n) is 6.01. The van der Waals surface area contributed by atoms with Crippen LogP contribution in [-0.4, -0.2) is 23.6 Å². The van der Waals surface area contributed by atoms with Gasteiger partial charge in [0.05, 0.1) is 18.3 Å². The Balaban J connectivity index is 2.24. The molecule has 2 N–H and O–H groups in total. The zero-order chi connectivity index (χ0) is 14.5. The molecule has 2 rings (SSSR count). The topological polar surface area (TPSA) is 59.1 Å². The summed E-state index contributed by atoms with van der Waals surface area (Å²) in [4.78, 5) is 7.88. The number of hydrogen-bond acceptors (Lipinski definition) is 5. The summed E-state index contributed by atoms with van der Waals surface area (Å²) >= 11 is 6.01. The molecule has 0 saturated heterocycles. The van der Waals surface area contributed by atoms with Crippen molar-refractivity contribution in [1.29, 1.82) is 0 Å². The molecule has 0 aliphatic heterocycles. The third-order valence-corrected chi connectivity index (χ3v) is 2.79. The van der Waals surface area contributed by atoms with E-state index in [9.17, 15) is 4.39 Å². The second-order valence-electron chi connectivity index (χ2n) is 3.89. The zero-order valence-electron chi connectivity index (χ0n) is 11.1. The lowest BCUT2D eigenvalue weighted by molar-refractivity contribution is 0.415. The third-order valence-electron chi connectivity index (χ3n) is 2.49. The van der Waals surface area contributed by atoms with E-state index in [1.807, 2.05) is 6.92 Å². The van der Waals surface area contributed by atoms with Crippen molar-refractivity contribution in [2.75, 3.05) is 24.3 Å². The predicted molar refractivity (Wildman–Crippen MR) is 77.4 cm³/mol. The maximum atomic E-state index is 13.7. The van der Waals surface area contributed by atoms with Gasteiger partial charge in [0.1, 0.15) is 5.75 Å². The van der Waals surface area contributed by atoms with Crippen molar-refractivity contribution < 1.29 is 9.13 Å². The number of benzene rings is 1. The van der Waals surface area contributed by atoms with Gasteiger partial charge >= 0.3 is 0 Å². The Labute approximate surface area is 121 Å². The van der Waals surface area contributed by atoms with Gasteiger partial charge in [-0.25, -0.2) is 9.37 Å². The molecule has 0 fully saturated rings. The van der Waals surface area contributed by atoms with Crippen molar-refractivity contribution in [2.45, 2.75) is 6.92 Å². The van der Waals surface area contributed by atoms with Crippen LogP contribution in [0.3, 0.4) is 0 Å². The first-order valence-corrected chi connectivity index (χ1v) is 6.38. The highest BCUT2D eigenvalue weighted by Crippen LogP contribution is 2.29. The lowest BCUT2D eigenvalue weighted by Gasteiger charge is -2.10. The van der Waals surface area contributed by atoms with E-state index in [1.54, 1.807) is 18.2 Å². The van der Waals surface area contributed by atoms with Gasteiger partial charge in [0.15, 0.2) is 11.6 Å². The molecule has 0 atom stereocenters. The fourth-order valence-corrected chi connectivity index (χ4v) is 1.84. The molecule has 0 amide bonds. The zero-order valence-corrected chi connectivity index (χ0v) is 11.8. The molecular formula is C13H14ClFN4O. The SMILES string of the molecule is CCNc1ncc(F)c(Nc2ccc(OC)c(Cl)c2)n1. The molecule has 0 spiro atoms. The number of ether oxygens (including phenoxy) is 1. The van der Waals surface area contributed by atoms with Crippen molar-refractivity contribution in [1.82, 2.24) is 9.97 Å². The van der Waals surface area contributed by atoms with Crippen LogP contribution in [0.15, 0.2) is 24.4 Å². The number of nitrogens with zero attached hydrogens (tertiary/aromatic N) is 2. The van der Waals surface area contributed by atoms with Gasteiger partial charge in [-0.3, -0.25) is 0 Å². The third kappa shape index (κ3) is 3.27. The van der Waals surface area contributed by atoms with Crippen LogP contribution in [0.1, 0.15) is 6.92 Å². The number of rotatable bonds is 5. The minimum Gasteiger partial charge on any atom is -0.495 e. The monoisotopic (exact) mass is 296 g/mol. The second kappa shape index (κ2) is 6.38. The smallest absolute Gasteiger partial charge is 0.224 e. The summed E-state index contributed by atoms with van der Waals surface area (Å²) < 4.78 is 18.7. The van der Waals surface area contributed by atoms with E-state index in [-0.39, 0.29) is 5.82 Å². The Morgan fingerprint density at radius 2 is 2.20 bits per heavy atom. The van der Waals surface area contributed by atoms with Crippen molar-refractivity contribution >= 4 is 29.1 Å². The van der Waals surface area contributed by atoms with Gasteiger partial charge in [0, 0.05) is 12.2 Å². The molecule has 0 aliphatic rings. The highest BCUT2D eigenvalue weighted by molar-refractivity contribution is 6.32. The molecule has 1 aromatic heterocycles. The van der Waals surface area contributed by atoms with Crippen LogP contribution in [0.4, 0.5) is 21.8 Å². The van der Waals surface area contributed by atoms with E-state index < -0.39 is 5.82 Å². The van der Waals surface area contributed by atoms with Gasteiger partial charge in [-0.15, -0.1) is 0 Å². The number of methoxy groups -OCH3 is 1. The Morgan fingerprint density at radius 1 is 1.40 bits per heavy atom. The van der Waals surface area contributed by atoms with Gasteiger partial charge in [-0.2, -0.15) is 4.98 Å². The van der Waals surface area contributed by atoms with Crippen molar-refractivity contribution in [3.05, 3.63) is 35.2 Å². The number of halogens is 2. The number of hydrogen-bond donors (Lipinski definition) is 2. The highest BCUT2D eigenvalue weighted by Gasteiger charge is 2.08. The molecule has 0 aliphatic carbocycles. The summed E-state index contributed by atoms with van der Waals surface area (Å²) in [7, 11) is 1.53. The first kappa shape index (κ1) is 14.3. The molecular weight excluding hydrogens is 283 g/mol. The molecule has 106 valence electrons. The molecule has 0 bridgehead atoms. The Hall–Kier alpha value is -2.08. The maximum absolute atomic E-state index is 13.7. The lowest BCUT2D eigenvalue weighted by atomic mass is 10.3. The summed E-state index contributed by atoms with van der Waals surface area (Å²) in [6.45, 7) is 2.56. The number of anilines is 3. The maximum Gasteiger partial charge on any atom is 0.224 e. The van der Waals surface area contributed by atoms with Crippen LogP contribution in [0, 0.1) is 5.82 Å². The van der Waals surface area contributed by atoms with Crippen molar-refractivity contribution in [3.8, 4) is 5.75 Å². The van der Waals surface area contributed by atoms with Gasteiger partial charge in [0.25, 0.3) is 0 Å². The quantitative estimate of drug-likeness (QED) is 0.885. The summed E-state index contributed by atoms with van der Waals surface area (Å²) in [5.74, 6) is 0.445. The van der Waals surface area contributed by atoms with Crippen LogP contribution >= 0.6 is 11.6 Å². The summed E-state index contributed by atoms with van der Waals surface area (Å²) in [5.41, 5.74) is 0.607. The van der Waals surface area contributed by atoms with Crippen LogP contribution < -0.4 is 15.4 Å². The standard InChI is InChI=1S/C13H14ClFN4O/c1-3-16-13-17-7-10(15)12(19-13)18-8-4-5-11(20-2)9(14)6-8/h4-7H,3H2,1-2H3,(H2,16,17,18,19). The van der Waals surface area contributed by atoms with E-state index in [2.05, 4.69) is 20.6 Å². The van der Waals surface area contributed by atoms with Gasteiger partial charge < -0.3 is 15.4 Å². The van der Waals surface area contributed by atoms with E-state index in [0.717, 1.165) is 6.20 Å². The first-order chi connectivity index (χ1) is 9.63. The van der Waals surface area contributed by atoms with Crippen molar-refractivity contribution in [2.24, 2.45) is 0 Å². The molecule has 0 saturated carbocycles. The molecule has 0 radical (unpaired) electrons. The van der Waals surface area contributed by atoms with E-state index in [1.165, 1.54) is 7.11 Å². The average molecular weight is 297 g/mol. The Bertz CT molecular complexity index is 609. The molecule has 0 unspecified atom stereocenters. The lowest BCUT2D eigenvalue weighted by Crippen LogP contribution is -2.05. The Kier molecular flexibility index (Phi) is 4.57. The second-order valence-corrected chi connectivity index (χ2v) is 4.30. The van der Waals surface area contributed by atoms with Gasteiger partial charge in [0.2, 0.25) is 5.95 Å². The molecule has 1 aromatic carbocycles. The van der Waals surface area contributed by atoms with E-state index >= 15 is 0 Å². The minimum absolute atomic E-state index is 0.0807. The van der Waals surface area contributed by atoms with E-state index in [4.69, 9.17) is 16.3 Å². The average Bonchev–Trinajstić information content (AvgIpc) is 2.43. The number of nitrogens with one attached hydrogen (secondary N) is 2. The summed E-state index contributed by atoms with van der Waals surface area (Å²) in [5, 5.41) is 6.20. The normalized spacial score (nSPS) is 10.2. The molecule has 7 heteroatoms. The molecule has 1 heterocycles. The van der Waals surface area contributed by atoms with Gasteiger partial charge in [-0.05, 0) is 25.1 Å². The van der Waals surface area contributed by atoms with Crippen LogP contribution in [0.2, 0.25) is 5.02 Å². The van der Waals surface area contributed by atoms with Crippen LogP contribution in [0.25, 0.3) is 0 Å². The summed E-state index contributed by atoms with van der Waals surface area (Å²) in [6, 6.07) is 5.04. The fraction of sp³-hybridized carbons (Fsp3) is 0.231. The van der Waals surface area contributed by atoms with Crippen molar-refractivity contribution in [3.63, 3.8) is 0 Å². The molecule has 2 aromatic rings. The van der Waals surface area contributed by atoms with Crippen LogP contribution in [0.5, 0.6) is 5.75 Å². The number of aromatic nitrogens is 2. The Morgan fingerprint density at radius 3 is 2.85 bits per heavy atom. The molecule has 20 heavy (non-hydrogen) atoms. The minimum atomic E-state index is -0.543. The predicted octanol–water partition coefficient (Wildman–Crippen LogP) is 3.45. The van der Waals surface area contributed by atoms with E-state index in [0.29, 0.717) is 29.0 Å². The van der Waals surface area contributed by atoms with Crippen LogP contribution in [-0.2, 0) is 0 Å². The molecule has 5 nitrogen and oxygen atoms in total. The highest BCUT2D eigenvalue weighted by atomic mass is 35.5. The largest absolute Gasteiger partial charge is 0.495 e. The fourth-order valence-electron chi connectivity index (χ4n) is 1.58.